The van der Waals surface area contributed by atoms with Gasteiger partial charge in [0.2, 0.25) is 0 Å². The summed E-state index contributed by atoms with van der Waals surface area (Å²) in [6.45, 7) is 0.00698. The van der Waals surface area contributed by atoms with Crippen LogP contribution in [0.2, 0.25) is 0 Å². The molecule has 2 aromatic rings. The number of H-pyrrole nitrogens is 1. The number of aliphatic hydroxyl groups is 2. The molecule has 1 saturated heterocycles. The lowest BCUT2D eigenvalue weighted by molar-refractivity contribution is 0.157. The molecule has 96 valence electrons. The summed E-state index contributed by atoms with van der Waals surface area (Å²) in [4.78, 5) is 11.1. The van der Waals surface area contributed by atoms with Crippen LogP contribution in [0.5, 0.6) is 0 Å². The van der Waals surface area contributed by atoms with E-state index in [1.807, 2.05) is 0 Å². The molecule has 0 aromatic carbocycles. The Bertz CT molecular complexity index is 570. The Labute approximate surface area is 103 Å². The summed E-state index contributed by atoms with van der Waals surface area (Å²) in [5, 5.41) is 22.3. The van der Waals surface area contributed by atoms with Crippen LogP contribution in [-0.4, -0.2) is 43.9 Å². The zero-order valence-corrected chi connectivity index (χ0v) is 9.67. The van der Waals surface area contributed by atoms with E-state index in [-0.39, 0.29) is 18.7 Å². The van der Waals surface area contributed by atoms with Crippen molar-refractivity contribution in [3.05, 3.63) is 18.1 Å². The number of rotatable bonds is 2. The van der Waals surface area contributed by atoms with Crippen LogP contribution >= 0.6 is 0 Å². The van der Waals surface area contributed by atoms with Gasteiger partial charge in [-0.2, -0.15) is 0 Å². The third-order valence-electron chi connectivity index (χ3n) is 3.40. The van der Waals surface area contributed by atoms with Crippen molar-refractivity contribution in [1.29, 1.82) is 0 Å². The summed E-state index contributed by atoms with van der Waals surface area (Å²) in [5.41, 5.74) is 7.98. The Morgan fingerprint density at radius 1 is 1.44 bits per heavy atom. The maximum absolute atomic E-state index is 10.0. The van der Waals surface area contributed by atoms with Gasteiger partial charge in [-0.25, -0.2) is 9.97 Å². The molecule has 1 aliphatic rings. The molecule has 6 N–H and O–H groups in total. The van der Waals surface area contributed by atoms with Crippen LogP contribution in [0, 0.1) is 0 Å². The minimum Gasteiger partial charge on any atom is -0.395 e. The minimum absolute atomic E-state index is 0.00698. The number of hydrogen-bond acceptors (Lipinski definition) is 6. The van der Waals surface area contributed by atoms with E-state index < -0.39 is 6.10 Å². The summed E-state index contributed by atoms with van der Waals surface area (Å²) < 4.78 is 0. The van der Waals surface area contributed by atoms with Crippen LogP contribution in [0.3, 0.4) is 0 Å². The highest BCUT2D eigenvalue weighted by Crippen LogP contribution is 2.31. The molecular weight excluding hydrogens is 234 g/mol. The molecular formula is C11H15N5O2. The van der Waals surface area contributed by atoms with Crippen molar-refractivity contribution < 1.29 is 10.2 Å². The van der Waals surface area contributed by atoms with Gasteiger partial charge in [0.1, 0.15) is 11.8 Å². The highest BCUT2D eigenvalue weighted by atomic mass is 16.3. The number of aromatic nitrogens is 3. The van der Waals surface area contributed by atoms with Gasteiger partial charge in [0.15, 0.2) is 5.82 Å². The molecule has 3 heterocycles. The topological polar surface area (TPSA) is 120 Å². The van der Waals surface area contributed by atoms with E-state index in [1.165, 1.54) is 6.33 Å². The molecule has 0 radical (unpaired) electrons. The van der Waals surface area contributed by atoms with Gasteiger partial charge in [-0.15, -0.1) is 0 Å². The normalized spacial score (nSPS) is 28.0. The number of aliphatic hydroxyl groups excluding tert-OH is 2. The van der Waals surface area contributed by atoms with E-state index in [4.69, 9.17) is 10.8 Å². The van der Waals surface area contributed by atoms with Crippen LogP contribution in [0.4, 0.5) is 5.82 Å². The van der Waals surface area contributed by atoms with Crippen molar-refractivity contribution in [1.82, 2.24) is 20.3 Å². The van der Waals surface area contributed by atoms with Crippen LogP contribution < -0.4 is 11.1 Å². The first-order valence-electron chi connectivity index (χ1n) is 5.83. The maximum Gasteiger partial charge on any atom is 0.151 e. The molecule has 0 saturated carbocycles. The second kappa shape index (κ2) is 4.20. The van der Waals surface area contributed by atoms with Crippen molar-refractivity contribution in [2.75, 3.05) is 12.3 Å². The van der Waals surface area contributed by atoms with E-state index in [0.717, 1.165) is 5.56 Å². The van der Waals surface area contributed by atoms with Crippen molar-refractivity contribution in [3.8, 4) is 0 Å². The Balaban J connectivity index is 2.02. The molecule has 0 amide bonds. The van der Waals surface area contributed by atoms with Crippen molar-refractivity contribution >= 4 is 16.9 Å². The predicted molar refractivity (Wildman–Crippen MR) is 65.7 cm³/mol. The average Bonchev–Trinajstić information content (AvgIpc) is 2.93. The van der Waals surface area contributed by atoms with Gasteiger partial charge in [0.05, 0.1) is 24.3 Å². The Morgan fingerprint density at radius 3 is 3.00 bits per heavy atom. The first-order valence-corrected chi connectivity index (χ1v) is 5.83. The summed E-state index contributed by atoms with van der Waals surface area (Å²) >= 11 is 0. The second-order valence-electron chi connectivity index (χ2n) is 4.55. The standard InChI is InChI=1S/C11H15N5O2/c12-11-10-9(14-4-15-11)6(2-13-10)8-7(18)1-5(3-17)16-8/h2,4-5,7-8,13,16-18H,1,3H2,(H2,12,14,15)/t5-,7+,8-/m1/s1. The fourth-order valence-electron chi connectivity index (χ4n) is 2.50. The number of nitrogens with one attached hydrogen (secondary N) is 2. The quantitative estimate of drug-likeness (QED) is 0.480. The molecule has 7 nitrogen and oxygen atoms in total. The Kier molecular flexibility index (Phi) is 2.66. The Hall–Kier alpha value is -1.70. The number of fused-ring (bicyclic) bond motifs is 1. The van der Waals surface area contributed by atoms with Crippen molar-refractivity contribution in [3.63, 3.8) is 0 Å². The average molecular weight is 249 g/mol. The number of aromatic amines is 1. The molecule has 1 fully saturated rings. The van der Waals surface area contributed by atoms with Gasteiger partial charge in [-0.3, -0.25) is 0 Å². The minimum atomic E-state index is -0.544. The summed E-state index contributed by atoms with van der Waals surface area (Å²) in [5.74, 6) is 0.387. The van der Waals surface area contributed by atoms with E-state index in [1.54, 1.807) is 6.20 Å². The Morgan fingerprint density at radius 2 is 2.28 bits per heavy atom. The third-order valence-corrected chi connectivity index (χ3v) is 3.40. The molecule has 0 aliphatic carbocycles. The molecule has 0 bridgehead atoms. The number of nitrogen functional groups attached to an aromatic ring is 1. The number of anilines is 1. The highest BCUT2D eigenvalue weighted by molar-refractivity contribution is 5.87. The predicted octanol–water partition coefficient (Wildman–Crippen LogP) is -0.704. The zero-order chi connectivity index (χ0) is 12.7. The van der Waals surface area contributed by atoms with Gasteiger partial charge < -0.3 is 26.2 Å². The molecule has 0 unspecified atom stereocenters. The van der Waals surface area contributed by atoms with Gasteiger partial charge in [-0.05, 0) is 6.42 Å². The smallest absolute Gasteiger partial charge is 0.151 e. The summed E-state index contributed by atoms with van der Waals surface area (Å²) in [6, 6.07) is -0.334. The fourth-order valence-corrected chi connectivity index (χ4v) is 2.50. The lowest BCUT2D eigenvalue weighted by atomic mass is 10.0. The van der Waals surface area contributed by atoms with E-state index in [0.29, 0.717) is 23.3 Å². The number of nitrogens with zero attached hydrogens (tertiary/aromatic N) is 2. The van der Waals surface area contributed by atoms with Crippen LogP contribution in [0.1, 0.15) is 18.0 Å². The van der Waals surface area contributed by atoms with Crippen LogP contribution in [-0.2, 0) is 0 Å². The molecule has 0 spiro atoms. The van der Waals surface area contributed by atoms with E-state index >= 15 is 0 Å². The van der Waals surface area contributed by atoms with Gasteiger partial charge >= 0.3 is 0 Å². The fraction of sp³-hybridized carbons (Fsp3) is 0.455. The van der Waals surface area contributed by atoms with Crippen LogP contribution in [0.25, 0.3) is 11.0 Å². The summed E-state index contributed by atoms with van der Waals surface area (Å²) in [6.07, 6.45) is 3.15. The van der Waals surface area contributed by atoms with Gasteiger partial charge in [-0.1, -0.05) is 0 Å². The van der Waals surface area contributed by atoms with Gasteiger partial charge in [0.25, 0.3) is 0 Å². The monoisotopic (exact) mass is 249 g/mol. The SMILES string of the molecule is Nc1ncnc2c([C@H]3N[C@@H](CO)C[C@@H]3O)c[nH]c12. The van der Waals surface area contributed by atoms with Crippen LogP contribution in [0.15, 0.2) is 12.5 Å². The first kappa shape index (κ1) is 11.4. The molecule has 3 atom stereocenters. The van der Waals surface area contributed by atoms with Gasteiger partial charge in [0, 0.05) is 17.8 Å². The van der Waals surface area contributed by atoms with E-state index in [9.17, 15) is 5.11 Å². The molecule has 3 rings (SSSR count). The number of hydrogen-bond donors (Lipinski definition) is 5. The zero-order valence-electron chi connectivity index (χ0n) is 9.67. The molecule has 1 aliphatic heterocycles. The lowest BCUT2D eigenvalue weighted by Gasteiger charge is -2.14. The van der Waals surface area contributed by atoms with Crippen molar-refractivity contribution in [2.45, 2.75) is 24.6 Å². The third kappa shape index (κ3) is 1.64. The molecule has 7 heteroatoms. The summed E-state index contributed by atoms with van der Waals surface area (Å²) in [7, 11) is 0. The highest BCUT2D eigenvalue weighted by Gasteiger charge is 2.34. The van der Waals surface area contributed by atoms with Crippen molar-refractivity contribution in [2.24, 2.45) is 0 Å². The second-order valence-corrected chi connectivity index (χ2v) is 4.55. The largest absolute Gasteiger partial charge is 0.395 e. The molecule has 18 heavy (non-hydrogen) atoms. The number of nitrogens with two attached hydrogens (primary N) is 1. The molecule has 2 aromatic heterocycles. The van der Waals surface area contributed by atoms with E-state index in [2.05, 4.69) is 20.3 Å². The maximum atomic E-state index is 10.0. The lowest BCUT2D eigenvalue weighted by Crippen LogP contribution is -2.28. The first-order chi connectivity index (χ1) is 8.70.